The minimum Gasteiger partial charge on any atom is -0.493 e. The van der Waals surface area contributed by atoms with Crippen LogP contribution in [0.4, 0.5) is 5.00 Å². The Morgan fingerprint density at radius 3 is 2.24 bits per heavy atom. The average Bonchev–Trinajstić information content (AvgIpc) is 3.08. The molecule has 1 N–H and O–H groups in total. The number of carbonyl (C=O) groups is 2. The van der Waals surface area contributed by atoms with Gasteiger partial charge < -0.3 is 19.5 Å². The number of hydrogen-bond donors (Lipinski definition) is 1. The predicted octanol–water partition coefficient (Wildman–Crippen LogP) is 4.78. The van der Waals surface area contributed by atoms with Crippen molar-refractivity contribution in [2.75, 3.05) is 26.6 Å². The molecule has 0 fully saturated rings. The first kappa shape index (κ1) is 20.4. The molecule has 0 aliphatic heterocycles. The monoisotopic (exact) mass is 411 g/mol. The van der Waals surface area contributed by atoms with Crippen LogP contribution in [0.15, 0.2) is 48.5 Å². The molecule has 0 unspecified atom stereocenters. The Bertz CT molecular complexity index is 1040. The molecule has 1 amide bonds. The van der Waals surface area contributed by atoms with Gasteiger partial charge in [0, 0.05) is 10.4 Å². The lowest BCUT2D eigenvalue weighted by atomic mass is 10.1. The van der Waals surface area contributed by atoms with Crippen molar-refractivity contribution < 1.29 is 23.8 Å². The fraction of sp³-hybridized carbons (Fsp3) is 0.182. The Morgan fingerprint density at radius 2 is 1.62 bits per heavy atom. The fourth-order valence-electron chi connectivity index (χ4n) is 2.97. The molecule has 0 spiro atoms. The van der Waals surface area contributed by atoms with Gasteiger partial charge in [0.2, 0.25) is 0 Å². The molecule has 0 aliphatic carbocycles. The Labute approximate surface area is 173 Å². The number of amides is 1. The summed E-state index contributed by atoms with van der Waals surface area (Å²) in [6.45, 7) is 1.84. The third-order valence-corrected chi connectivity index (χ3v) is 5.70. The summed E-state index contributed by atoms with van der Waals surface area (Å²) in [5.41, 5.74) is 2.46. The van der Waals surface area contributed by atoms with Gasteiger partial charge in [-0.25, -0.2) is 4.79 Å². The normalized spacial score (nSPS) is 10.3. The summed E-state index contributed by atoms with van der Waals surface area (Å²) in [6.07, 6.45) is 0. The molecule has 1 aromatic heterocycles. The number of methoxy groups -OCH3 is 3. The zero-order chi connectivity index (χ0) is 21.0. The van der Waals surface area contributed by atoms with Gasteiger partial charge in [0.15, 0.2) is 11.5 Å². The van der Waals surface area contributed by atoms with Crippen molar-refractivity contribution in [3.63, 3.8) is 0 Å². The Kier molecular flexibility index (Phi) is 6.19. The molecule has 0 saturated heterocycles. The number of hydrogen-bond acceptors (Lipinski definition) is 6. The summed E-state index contributed by atoms with van der Waals surface area (Å²) in [6, 6.07) is 14.6. The second kappa shape index (κ2) is 8.79. The Morgan fingerprint density at radius 1 is 0.931 bits per heavy atom. The van der Waals surface area contributed by atoms with Gasteiger partial charge in [0.1, 0.15) is 5.00 Å². The SMILES string of the molecule is COC(=O)c1c(NC(=O)c2ccc(OC)c(OC)c2)sc(-c2ccccc2)c1C. The minimum absolute atomic E-state index is 0.352. The molecule has 150 valence electrons. The van der Waals surface area contributed by atoms with Crippen LogP contribution in [-0.4, -0.2) is 33.2 Å². The highest BCUT2D eigenvalue weighted by molar-refractivity contribution is 7.20. The van der Waals surface area contributed by atoms with Crippen molar-refractivity contribution >= 4 is 28.2 Å². The number of carbonyl (C=O) groups excluding carboxylic acids is 2. The van der Waals surface area contributed by atoms with E-state index in [0.717, 1.165) is 16.0 Å². The molecule has 3 rings (SSSR count). The number of anilines is 1. The quantitative estimate of drug-likeness (QED) is 0.591. The van der Waals surface area contributed by atoms with Gasteiger partial charge in [-0.05, 0) is 36.2 Å². The second-order valence-corrected chi connectivity index (χ2v) is 7.16. The summed E-state index contributed by atoms with van der Waals surface area (Å²) in [7, 11) is 4.35. The first-order valence-corrected chi connectivity index (χ1v) is 9.62. The third-order valence-electron chi connectivity index (χ3n) is 4.45. The van der Waals surface area contributed by atoms with Crippen molar-refractivity contribution in [1.82, 2.24) is 0 Å². The van der Waals surface area contributed by atoms with Crippen LogP contribution in [0.1, 0.15) is 26.3 Å². The van der Waals surface area contributed by atoms with Crippen molar-refractivity contribution in [3.8, 4) is 21.9 Å². The molecule has 2 aromatic carbocycles. The molecular formula is C22H21NO5S. The number of rotatable bonds is 6. The minimum atomic E-state index is -0.497. The maximum Gasteiger partial charge on any atom is 0.341 e. The van der Waals surface area contributed by atoms with E-state index in [1.54, 1.807) is 18.2 Å². The first-order valence-electron chi connectivity index (χ1n) is 8.80. The molecule has 0 radical (unpaired) electrons. The molecule has 0 saturated carbocycles. The summed E-state index contributed by atoms with van der Waals surface area (Å²) >= 11 is 1.33. The van der Waals surface area contributed by atoms with E-state index in [4.69, 9.17) is 14.2 Å². The van der Waals surface area contributed by atoms with Crippen molar-refractivity contribution in [2.45, 2.75) is 6.92 Å². The lowest BCUT2D eigenvalue weighted by Gasteiger charge is -2.10. The van der Waals surface area contributed by atoms with Crippen LogP contribution < -0.4 is 14.8 Å². The topological polar surface area (TPSA) is 73.9 Å². The van der Waals surface area contributed by atoms with E-state index in [2.05, 4.69) is 5.32 Å². The van der Waals surface area contributed by atoms with E-state index in [-0.39, 0.29) is 5.91 Å². The molecule has 7 heteroatoms. The zero-order valence-electron chi connectivity index (χ0n) is 16.6. The highest BCUT2D eigenvalue weighted by atomic mass is 32.1. The van der Waals surface area contributed by atoms with Gasteiger partial charge in [0.25, 0.3) is 5.91 Å². The maximum absolute atomic E-state index is 12.8. The van der Waals surface area contributed by atoms with Gasteiger partial charge in [-0.1, -0.05) is 30.3 Å². The number of esters is 1. The summed E-state index contributed by atoms with van der Waals surface area (Å²) in [4.78, 5) is 26.1. The molecule has 29 heavy (non-hydrogen) atoms. The molecule has 0 aliphatic rings. The zero-order valence-corrected chi connectivity index (χ0v) is 17.4. The number of ether oxygens (including phenoxy) is 3. The average molecular weight is 411 g/mol. The van der Waals surface area contributed by atoms with E-state index >= 15 is 0 Å². The van der Waals surface area contributed by atoms with Gasteiger partial charge in [-0.2, -0.15) is 0 Å². The maximum atomic E-state index is 12.8. The lowest BCUT2D eigenvalue weighted by Crippen LogP contribution is -2.14. The third kappa shape index (κ3) is 4.09. The van der Waals surface area contributed by atoms with Crippen molar-refractivity contribution in [3.05, 3.63) is 65.2 Å². The standard InChI is InChI=1S/C22H21NO5S/c1-13-18(22(25)28-4)21(29-19(13)14-8-6-5-7-9-14)23-20(24)15-10-11-16(26-2)17(12-15)27-3/h5-12H,1-4H3,(H,23,24). The van der Waals surface area contributed by atoms with Crippen LogP contribution in [0.3, 0.4) is 0 Å². The molecule has 6 nitrogen and oxygen atoms in total. The number of benzene rings is 2. The van der Waals surface area contributed by atoms with Gasteiger partial charge in [0.05, 0.1) is 26.9 Å². The van der Waals surface area contributed by atoms with E-state index in [0.29, 0.717) is 27.6 Å². The molecule has 1 heterocycles. The van der Waals surface area contributed by atoms with Crippen LogP contribution in [0.2, 0.25) is 0 Å². The van der Waals surface area contributed by atoms with Gasteiger partial charge in [-0.3, -0.25) is 4.79 Å². The summed E-state index contributed by atoms with van der Waals surface area (Å²) < 4.78 is 15.4. The van der Waals surface area contributed by atoms with Crippen LogP contribution in [0, 0.1) is 6.92 Å². The van der Waals surface area contributed by atoms with E-state index in [1.807, 2.05) is 37.3 Å². The smallest absolute Gasteiger partial charge is 0.341 e. The fourth-order valence-corrected chi connectivity index (χ4v) is 4.16. The van der Waals surface area contributed by atoms with Gasteiger partial charge in [-0.15, -0.1) is 11.3 Å². The van der Waals surface area contributed by atoms with Crippen LogP contribution in [-0.2, 0) is 4.74 Å². The second-order valence-electron chi connectivity index (χ2n) is 6.14. The van der Waals surface area contributed by atoms with Crippen molar-refractivity contribution in [2.24, 2.45) is 0 Å². The molecule has 3 aromatic rings. The summed E-state index contributed by atoms with van der Waals surface area (Å²) in [5, 5.41) is 3.28. The molecule has 0 atom stereocenters. The van der Waals surface area contributed by atoms with E-state index < -0.39 is 5.97 Å². The Balaban J connectivity index is 2.00. The Hall–Kier alpha value is -3.32. The van der Waals surface area contributed by atoms with Crippen LogP contribution in [0.25, 0.3) is 10.4 Å². The lowest BCUT2D eigenvalue weighted by molar-refractivity contribution is 0.0601. The van der Waals surface area contributed by atoms with Crippen LogP contribution in [0.5, 0.6) is 11.5 Å². The van der Waals surface area contributed by atoms with Crippen molar-refractivity contribution in [1.29, 1.82) is 0 Å². The number of nitrogens with one attached hydrogen (secondary N) is 1. The summed E-state index contributed by atoms with van der Waals surface area (Å²) in [5.74, 6) is 0.110. The van der Waals surface area contributed by atoms with E-state index in [1.165, 1.54) is 32.7 Å². The molecular weight excluding hydrogens is 390 g/mol. The number of thiophene rings is 1. The largest absolute Gasteiger partial charge is 0.493 e. The highest BCUT2D eigenvalue weighted by Gasteiger charge is 2.24. The van der Waals surface area contributed by atoms with Crippen LogP contribution >= 0.6 is 11.3 Å². The van der Waals surface area contributed by atoms with Gasteiger partial charge >= 0.3 is 5.97 Å². The molecule has 0 bridgehead atoms. The first-order chi connectivity index (χ1) is 14.0. The highest BCUT2D eigenvalue weighted by Crippen LogP contribution is 2.40. The predicted molar refractivity (Wildman–Crippen MR) is 113 cm³/mol. The van der Waals surface area contributed by atoms with E-state index in [9.17, 15) is 9.59 Å².